The molecule has 34 heavy (non-hydrogen) atoms. The van der Waals surface area contributed by atoms with Crippen LogP contribution in [0, 0.1) is 46.8 Å². The van der Waals surface area contributed by atoms with E-state index in [1.54, 1.807) is 20.8 Å². The lowest BCUT2D eigenvalue weighted by atomic mass is 9.47. The summed E-state index contributed by atoms with van der Waals surface area (Å²) in [5, 5.41) is 44.1. The van der Waals surface area contributed by atoms with E-state index in [2.05, 4.69) is 0 Å². The first-order valence-electron chi connectivity index (χ1n) is 13.2. The molecule has 0 aromatic carbocycles. The molecule has 200 valence electrons. The molecular formula is C27H50O7. The average molecular weight is 487 g/mol. The molecule has 0 saturated carbocycles. The van der Waals surface area contributed by atoms with Crippen LogP contribution in [-0.2, 0) is 14.4 Å². The summed E-state index contributed by atoms with van der Waals surface area (Å²) >= 11 is 0. The molecule has 0 aliphatic carbocycles. The van der Waals surface area contributed by atoms with E-state index in [0.717, 1.165) is 0 Å². The Labute approximate surface area is 206 Å². The fraction of sp³-hybridized carbons (Fsp3) is 0.889. The van der Waals surface area contributed by atoms with Crippen molar-refractivity contribution < 1.29 is 34.8 Å². The van der Waals surface area contributed by atoms with Crippen molar-refractivity contribution in [1.29, 1.82) is 0 Å². The molecule has 0 aliphatic heterocycles. The maximum atomic E-state index is 13.4. The summed E-state index contributed by atoms with van der Waals surface area (Å²) in [6, 6.07) is 0. The Hall–Kier alpha value is -1.63. The Bertz CT molecular complexity index is 646. The molecule has 5 unspecified atom stereocenters. The van der Waals surface area contributed by atoms with Gasteiger partial charge in [-0.25, -0.2) is 4.79 Å². The summed E-state index contributed by atoms with van der Waals surface area (Å²) < 4.78 is 0. The summed E-state index contributed by atoms with van der Waals surface area (Å²) in [6.45, 7) is 16.5. The quantitative estimate of drug-likeness (QED) is 0.204. The lowest BCUT2D eigenvalue weighted by Crippen LogP contribution is -2.71. The zero-order valence-corrected chi connectivity index (χ0v) is 22.8. The third kappa shape index (κ3) is 5.44. The third-order valence-corrected chi connectivity index (χ3v) is 9.29. The second kappa shape index (κ2) is 13.5. The van der Waals surface area contributed by atoms with Gasteiger partial charge in [-0.15, -0.1) is 0 Å². The van der Waals surface area contributed by atoms with Gasteiger partial charge in [0.2, 0.25) is 0 Å². The van der Waals surface area contributed by atoms with Gasteiger partial charge >= 0.3 is 17.9 Å². The smallest absolute Gasteiger partial charge is 0.337 e. The summed E-state index contributed by atoms with van der Waals surface area (Å²) in [7, 11) is 0. The lowest BCUT2D eigenvalue weighted by molar-refractivity contribution is -0.233. The number of hydrogen-bond acceptors (Lipinski definition) is 4. The molecule has 4 N–H and O–H groups in total. The molecule has 0 rings (SSSR count). The van der Waals surface area contributed by atoms with Gasteiger partial charge in [-0.1, -0.05) is 101 Å². The molecule has 0 amide bonds. The Morgan fingerprint density at radius 1 is 0.618 bits per heavy atom. The Morgan fingerprint density at radius 3 is 1.15 bits per heavy atom. The van der Waals surface area contributed by atoms with E-state index in [1.165, 1.54) is 0 Å². The third-order valence-electron chi connectivity index (χ3n) is 9.29. The molecule has 0 heterocycles. The largest absolute Gasteiger partial charge is 0.481 e. The van der Waals surface area contributed by atoms with Crippen LogP contribution in [0.25, 0.3) is 0 Å². The number of aliphatic hydroxyl groups is 1. The Balaban J connectivity index is 7.76. The van der Waals surface area contributed by atoms with Crippen molar-refractivity contribution in [2.24, 2.45) is 46.8 Å². The first kappa shape index (κ1) is 32.4. The summed E-state index contributed by atoms with van der Waals surface area (Å²) in [5.41, 5.74) is -5.20. The number of carbonyl (C=O) groups is 3. The number of hydrogen-bond donors (Lipinski definition) is 4. The zero-order valence-electron chi connectivity index (χ0n) is 22.8. The van der Waals surface area contributed by atoms with Gasteiger partial charge in [-0.3, -0.25) is 9.59 Å². The average Bonchev–Trinajstić information content (AvgIpc) is 2.76. The minimum Gasteiger partial charge on any atom is -0.481 e. The highest BCUT2D eigenvalue weighted by molar-refractivity contribution is 5.94. The summed E-state index contributed by atoms with van der Waals surface area (Å²) in [6.07, 6.45) is 3.58. The minimum absolute atomic E-state index is 0.176. The van der Waals surface area contributed by atoms with Crippen LogP contribution in [0.3, 0.4) is 0 Å². The Kier molecular flexibility index (Phi) is 12.8. The van der Waals surface area contributed by atoms with Crippen LogP contribution in [-0.4, -0.2) is 43.9 Å². The molecule has 7 nitrogen and oxygen atoms in total. The van der Waals surface area contributed by atoms with Crippen molar-refractivity contribution in [3.8, 4) is 0 Å². The van der Waals surface area contributed by atoms with E-state index >= 15 is 0 Å². The molecule has 5 atom stereocenters. The van der Waals surface area contributed by atoms with Crippen LogP contribution in [0.2, 0.25) is 0 Å². The van der Waals surface area contributed by atoms with Crippen molar-refractivity contribution in [3.05, 3.63) is 0 Å². The second-order valence-electron chi connectivity index (χ2n) is 10.2. The predicted molar refractivity (Wildman–Crippen MR) is 133 cm³/mol. The van der Waals surface area contributed by atoms with Gasteiger partial charge in [0, 0.05) is 0 Å². The lowest BCUT2D eigenvalue weighted by Gasteiger charge is -2.55. The van der Waals surface area contributed by atoms with Crippen LogP contribution in [0.15, 0.2) is 0 Å². The Morgan fingerprint density at radius 2 is 0.941 bits per heavy atom. The molecule has 0 radical (unpaired) electrons. The topological polar surface area (TPSA) is 132 Å². The molecule has 0 saturated heterocycles. The fourth-order valence-electron chi connectivity index (χ4n) is 7.05. The molecule has 0 bridgehead atoms. The molecule has 0 fully saturated rings. The summed E-state index contributed by atoms with van der Waals surface area (Å²) in [5.74, 6) is -9.30. The van der Waals surface area contributed by atoms with Crippen molar-refractivity contribution >= 4 is 17.9 Å². The molecular weight excluding hydrogens is 436 g/mol. The SMILES string of the molecule is CCC(CC)C(C)C(C(=O)O)C(O)(C(=O)O)C(C(=O)O)(C(C)C(CC)CC)C(C)C(CC)CC. The van der Waals surface area contributed by atoms with E-state index in [0.29, 0.717) is 38.5 Å². The monoisotopic (exact) mass is 486 g/mol. The maximum absolute atomic E-state index is 13.4. The van der Waals surface area contributed by atoms with Gasteiger partial charge in [-0.05, 0) is 35.5 Å². The minimum atomic E-state index is -3.00. The van der Waals surface area contributed by atoms with Crippen LogP contribution < -0.4 is 0 Å². The highest BCUT2D eigenvalue weighted by atomic mass is 16.4. The number of carboxylic acid groups (broad SMARTS) is 3. The van der Waals surface area contributed by atoms with Crippen molar-refractivity contribution in [2.75, 3.05) is 0 Å². The number of aliphatic carboxylic acids is 3. The first-order valence-corrected chi connectivity index (χ1v) is 13.2. The van der Waals surface area contributed by atoms with Crippen molar-refractivity contribution in [2.45, 2.75) is 106 Å². The van der Waals surface area contributed by atoms with Gasteiger partial charge in [0.05, 0.1) is 0 Å². The van der Waals surface area contributed by atoms with E-state index < -0.39 is 52.6 Å². The van der Waals surface area contributed by atoms with Gasteiger partial charge in [0.15, 0.2) is 5.60 Å². The van der Waals surface area contributed by atoms with E-state index in [-0.39, 0.29) is 17.8 Å². The molecule has 0 aromatic rings. The van der Waals surface area contributed by atoms with E-state index in [4.69, 9.17) is 0 Å². The molecule has 0 aromatic heterocycles. The number of carboxylic acids is 3. The highest BCUT2D eigenvalue weighted by Gasteiger charge is 2.72. The molecule has 7 heteroatoms. The molecule has 0 aliphatic rings. The van der Waals surface area contributed by atoms with Gasteiger partial charge in [-0.2, -0.15) is 0 Å². The van der Waals surface area contributed by atoms with E-state index in [1.807, 2.05) is 41.5 Å². The van der Waals surface area contributed by atoms with Crippen LogP contribution in [0.4, 0.5) is 0 Å². The van der Waals surface area contributed by atoms with Crippen molar-refractivity contribution in [3.63, 3.8) is 0 Å². The fourth-order valence-corrected chi connectivity index (χ4v) is 7.05. The van der Waals surface area contributed by atoms with E-state index in [9.17, 15) is 34.8 Å². The maximum Gasteiger partial charge on any atom is 0.337 e. The van der Waals surface area contributed by atoms with Crippen LogP contribution in [0.5, 0.6) is 0 Å². The highest BCUT2D eigenvalue weighted by Crippen LogP contribution is 2.57. The van der Waals surface area contributed by atoms with Gasteiger partial charge in [0.1, 0.15) is 11.3 Å². The van der Waals surface area contributed by atoms with Gasteiger partial charge in [0.25, 0.3) is 0 Å². The van der Waals surface area contributed by atoms with Crippen LogP contribution in [0.1, 0.15) is 101 Å². The predicted octanol–water partition coefficient (Wildman–Crippen LogP) is 5.79. The zero-order chi connectivity index (χ0) is 27.0. The normalized spacial score (nSPS) is 19.3. The summed E-state index contributed by atoms with van der Waals surface area (Å²) in [4.78, 5) is 39.2. The van der Waals surface area contributed by atoms with Crippen LogP contribution >= 0.6 is 0 Å². The second-order valence-corrected chi connectivity index (χ2v) is 10.2. The number of rotatable bonds is 17. The van der Waals surface area contributed by atoms with Crippen molar-refractivity contribution in [1.82, 2.24) is 0 Å². The molecule has 0 spiro atoms. The van der Waals surface area contributed by atoms with Gasteiger partial charge < -0.3 is 20.4 Å². The standard InChI is InChI=1S/C27H50O7/c1-10-19(11-2)16(7)22(23(28)29)27(34,25(32)33)26(24(30)31,17(8)20(12-3)13-4)18(9)21(14-5)15-6/h16-22,34H,10-15H2,1-9H3,(H,28,29)(H,30,31)(H,32,33). The first-order chi connectivity index (χ1) is 15.7.